The van der Waals surface area contributed by atoms with E-state index in [2.05, 4.69) is 15.5 Å². The first-order chi connectivity index (χ1) is 10.6. The Morgan fingerprint density at radius 1 is 1.45 bits per heavy atom. The van der Waals surface area contributed by atoms with Crippen molar-refractivity contribution in [2.24, 2.45) is 0 Å². The molecule has 2 aliphatic heterocycles. The maximum Gasteiger partial charge on any atom is 0.236 e. The zero-order chi connectivity index (χ0) is 15.5. The summed E-state index contributed by atoms with van der Waals surface area (Å²) in [7, 11) is 0. The van der Waals surface area contributed by atoms with Gasteiger partial charge in [0.15, 0.2) is 0 Å². The minimum atomic E-state index is 0.0961. The third-order valence-corrected chi connectivity index (χ3v) is 4.41. The van der Waals surface area contributed by atoms with E-state index in [0.29, 0.717) is 19.5 Å². The summed E-state index contributed by atoms with van der Waals surface area (Å²) in [5, 5.41) is 10.1. The zero-order valence-corrected chi connectivity index (χ0v) is 13.0. The van der Waals surface area contributed by atoms with Crippen molar-refractivity contribution in [3.8, 4) is 0 Å². The Balaban J connectivity index is 1.60. The summed E-state index contributed by atoms with van der Waals surface area (Å²) in [5.74, 6) is 0.243. The molecule has 0 aliphatic carbocycles. The Morgan fingerprint density at radius 2 is 2.32 bits per heavy atom. The fraction of sp³-hybridized carbons (Fsp3) is 0.667. The van der Waals surface area contributed by atoms with E-state index in [0.717, 1.165) is 43.9 Å². The number of amides is 2. The van der Waals surface area contributed by atoms with Gasteiger partial charge in [-0.1, -0.05) is 0 Å². The Labute approximate surface area is 130 Å². The second-order valence-corrected chi connectivity index (χ2v) is 6.12. The minimum absolute atomic E-state index is 0.0961. The maximum atomic E-state index is 12.4. The van der Waals surface area contributed by atoms with Crippen LogP contribution in [0.3, 0.4) is 0 Å². The molecule has 0 radical (unpaired) electrons. The van der Waals surface area contributed by atoms with Crippen LogP contribution in [-0.2, 0) is 16.0 Å². The molecule has 2 amide bonds. The number of rotatable bonds is 3. The number of carbonyl (C=O) groups excluding carboxylic acids is 2. The van der Waals surface area contributed by atoms with Crippen LogP contribution in [0.2, 0.25) is 0 Å². The highest BCUT2D eigenvalue weighted by molar-refractivity contribution is 5.80. The van der Waals surface area contributed by atoms with Gasteiger partial charge < -0.3 is 15.1 Å². The number of nitrogens with zero attached hydrogens (tertiary/aromatic N) is 3. The first-order valence-electron chi connectivity index (χ1n) is 7.92. The fourth-order valence-corrected chi connectivity index (χ4v) is 3.27. The van der Waals surface area contributed by atoms with Crippen LogP contribution in [0.25, 0.3) is 0 Å². The van der Waals surface area contributed by atoms with E-state index in [1.54, 1.807) is 0 Å². The Hall–Kier alpha value is -1.89. The van der Waals surface area contributed by atoms with Crippen molar-refractivity contribution in [3.63, 3.8) is 0 Å². The number of nitrogens with one attached hydrogen (secondary N) is 2. The molecule has 3 heterocycles. The molecule has 2 aliphatic rings. The number of aromatic nitrogens is 2. The number of carbonyl (C=O) groups is 2. The predicted octanol–water partition coefficient (Wildman–Crippen LogP) is -0.317. The molecule has 1 atom stereocenters. The molecule has 2 N–H and O–H groups in total. The molecule has 1 aromatic rings. The molecule has 120 valence electrons. The largest absolute Gasteiger partial charge is 0.340 e. The third-order valence-electron chi connectivity index (χ3n) is 4.41. The first-order valence-corrected chi connectivity index (χ1v) is 7.92. The second-order valence-electron chi connectivity index (χ2n) is 6.12. The summed E-state index contributed by atoms with van der Waals surface area (Å²) >= 11 is 0. The molecule has 1 aromatic heterocycles. The minimum Gasteiger partial charge on any atom is -0.340 e. The molecule has 7 heteroatoms. The smallest absolute Gasteiger partial charge is 0.236 e. The van der Waals surface area contributed by atoms with Gasteiger partial charge in [0.1, 0.15) is 0 Å². The van der Waals surface area contributed by atoms with Crippen LogP contribution in [0, 0.1) is 6.92 Å². The molecule has 0 bridgehead atoms. The molecular weight excluding hydrogens is 282 g/mol. The van der Waals surface area contributed by atoms with E-state index in [-0.39, 0.29) is 17.9 Å². The van der Waals surface area contributed by atoms with Gasteiger partial charge in [0.05, 0.1) is 18.7 Å². The van der Waals surface area contributed by atoms with E-state index in [1.807, 2.05) is 22.8 Å². The Kier molecular flexibility index (Phi) is 4.42. The standard InChI is InChI=1S/C15H23N5O2/c1-11-7-12(18-17-11)8-14(21)19-5-2-3-13(10-19)20-6-4-16-9-15(20)22/h7,13,16H,2-6,8-10H2,1H3,(H,17,18). The Bertz CT molecular complexity index is 556. The number of hydrogen-bond donors (Lipinski definition) is 2. The van der Waals surface area contributed by atoms with E-state index in [4.69, 9.17) is 0 Å². The normalized spacial score (nSPS) is 23.0. The molecule has 2 fully saturated rings. The highest BCUT2D eigenvalue weighted by Gasteiger charge is 2.31. The highest BCUT2D eigenvalue weighted by atomic mass is 16.2. The van der Waals surface area contributed by atoms with Gasteiger partial charge in [0.2, 0.25) is 11.8 Å². The molecule has 7 nitrogen and oxygen atoms in total. The summed E-state index contributed by atoms with van der Waals surface area (Å²) in [6, 6.07) is 2.06. The van der Waals surface area contributed by atoms with Crippen molar-refractivity contribution >= 4 is 11.8 Å². The molecule has 22 heavy (non-hydrogen) atoms. The SMILES string of the molecule is Cc1cc(CC(=O)N2CCCC(N3CCNCC3=O)C2)n[nH]1. The molecule has 2 saturated heterocycles. The van der Waals surface area contributed by atoms with Crippen molar-refractivity contribution in [1.82, 2.24) is 25.3 Å². The van der Waals surface area contributed by atoms with Crippen molar-refractivity contribution in [2.75, 3.05) is 32.7 Å². The van der Waals surface area contributed by atoms with Gasteiger partial charge in [-0.15, -0.1) is 0 Å². The topological polar surface area (TPSA) is 81.3 Å². The van der Waals surface area contributed by atoms with Gasteiger partial charge >= 0.3 is 0 Å². The van der Waals surface area contributed by atoms with Crippen LogP contribution in [0.4, 0.5) is 0 Å². The van der Waals surface area contributed by atoms with E-state index in [1.165, 1.54) is 0 Å². The van der Waals surface area contributed by atoms with Gasteiger partial charge in [-0.05, 0) is 25.8 Å². The van der Waals surface area contributed by atoms with Gasteiger partial charge in [0, 0.05) is 37.9 Å². The Morgan fingerprint density at radius 3 is 3.05 bits per heavy atom. The van der Waals surface area contributed by atoms with E-state index >= 15 is 0 Å². The summed E-state index contributed by atoms with van der Waals surface area (Å²) in [5.41, 5.74) is 1.74. The quantitative estimate of drug-likeness (QED) is 0.802. The van der Waals surface area contributed by atoms with E-state index in [9.17, 15) is 9.59 Å². The summed E-state index contributed by atoms with van der Waals surface area (Å²) in [4.78, 5) is 28.3. The molecule has 0 saturated carbocycles. The first kappa shape index (κ1) is 15.0. The number of hydrogen-bond acceptors (Lipinski definition) is 4. The van der Waals surface area contributed by atoms with Crippen molar-refractivity contribution in [3.05, 3.63) is 17.5 Å². The average molecular weight is 305 g/mol. The lowest BCUT2D eigenvalue weighted by Gasteiger charge is -2.41. The molecular formula is C15H23N5O2. The number of aryl methyl sites for hydroxylation is 1. The third kappa shape index (κ3) is 3.30. The van der Waals surface area contributed by atoms with Gasteiger partial charge in [-0.2, -0.15) is 5.10 Å². The zero-order valence-electron chi connectivity index (χ0n) is 13.0. The average Bonchev–Trinajstić information content (AvgIpc) is 2.93. The molecule has 0 aromatic carbocycles. The lowest BCUT2D eigenvalue weighted by Crippen LogP contribution is -2.57. The maximum absolute atomic E-state index is 12.4. The van der Waals surface area contributed by atoms with Gasteiger partial charge in [0.25, 0.3) is 0 Å². The number of aromatic amines is 1. The fourth-order valence-electron chi connectivity index (χ4n) is 3.27. The van der Waals surface area contributed by atoms with Gasteiger partial charge in [-0.25, -0.2) is 0 Å². The van der Waals surface area contributed by atoms with Crippen molar-refractivity contribution in [2.45, 2.75) is 32.2 Å². The monoisotopic (exact) mass is 305 g/mol. The number of piperidine rings is 1. The molecule has 1 unspecified atom stereocenters. The summed E-state index contributed by atoms with van der Waals surface area (Å²) in [6.45, 7) is 5.34. The van der Waals surface area contributed by atoms with Crippen LogP contribution >= 0.6 is 0 Å². The van der Waals surface area contributed by atoms with Crippen LogP contribution < -0.4 is 5.32 Å². The molecule has 0 spiro atoms. The summed E-state index contributed by atoms with van der Waals surface area (Å²) < 4.78 is 0. The summed E-state index contributed by atoms with van der Waals surface area (Å²) in [6.07, 6.45) is 2.26. The highest BCUT2D eigenvalue weighted by Crippen LogP contribution is 2.18. The second kappa shape index (κ2) is 6.48. The van der Waals surface area contributed by atoms with Gasteiger partial charge in [-0.3, -0.25) is 14.7 Å². The van der Waals surface area contributed by atoms with Crippen molar-refractivity contribution in [1.29, 1.82) is 0 Å². The lowest BCUT2D eigenvalue weighted by molar-refractivity contribution is -0.140. The number of H-pyrrole nitrogens is 1. The number of piperazine rings is 1. The predicted molar refractivity (Wildman–Crippen MR) is 81.2 cm³/mol. The van der Waals surface area contributed by atoms with E-state index < -0.39 is 0 Å². The van der Waals surface area contributed by atoms with Crippen molar-refractivity contribution < 1.29 is 9.59 Å². The van der Waals surface area contributed by atoms with Crippen LogP contribution in [0.1, 0.15) is 24.2 Å². The van der Waals surface area contributed by atoms with Crippen LogP contribution in [0.5, 0.6) is 0 Å². The molecule has 3 rings (SSSR count). The van der Waals surface area contributed by atoms with Crippen LogP contribution in [-0.4, -0.2) is 70.6 Å². The van der Waals surface area contributed by atoms with Crippen LogP contribution in [0.15, 0.2) is 6.07 Å². The number of likely N-dealkylation sites (tertiary alicyclic amines) is 1. The lowest BCUT2D eigenvalue weighted by atomic mass is 10.0.